The highest BCUT2D eigenvalue weighted by Gasteiger charge is 2.26. The van der Waals surface area contributed by atoms with Crippen molar-refractivity contribution in [2.45, 2.75) is 12.5 Å². The van der Waals surface area contributed by atoms with Gasteiger partial charge in [0.25, 0.3) is 5.91 Å². The molecule has 0 unspecified atom stereocenters. The van der Waals surface area contributed by atoms with E-state index in [9.17, 15) is 9.59 Å². The van der Waals surface area contributed by atoms with Crippen LogP contribution in [0, 0.1) is 0 Å². The number of fused-ring (bicyclic) bond motifs is 1. The molecular weight excluding hydrogens is 500 g/mol. The molecule has 1 N–H and O–H groups in total. The number of aromatic amines is 1. The van der Waals surface area contributed by atoms with Crippen molar-refractivity contribution in [3.63, 3.8) is 0 Å². The Labute approximate surface area is 233 Å². The van der Waals surface area contributed by atoms with Crippen LogP contribution in [0.25, 0.3) is 11.0 Å². The van der Waals surface area contributed by atoms with Crippen molar-refractivity contribution >= 4 is 23.0 Å². The van der Waals surface area contributed by atoms with E-state index < -0.39 is 0 Å². The number of nitrogens with one attached hydrogen (secondary N) is 1. The molecule has 0 spiro atoms. The molecule has 0 aliphatic carbocycles. The maximum atomic E-state index is 13.4. The maximum Gasteiger partial charge on any atom is 0.410 e. The van der Waals surface area contributed by atoms with E-state index in [4.69, 9.17) is 9.72 Å². The van der Waals surface area contributed by atoms with E-state index in [1.807, 2.05) is 84.9 Å². The molecule has 2 amide bonds. The Balaban J connectivity index is 1.14. The first-order valence-corrected chi connectivity index (χ1v) is 13.5. The molecular formula is C33H30N4O3. The first-order valence-electron chi connectivity index (χ1n) is 13.5. The normalized spacial score (nSPS) is 13.5. The summed E-state index contributed by atoms with van der Waals surface area (Å²) >= 11 is 0. The molecule has 1 aliphatic heterocycles. The van der Waals surface area contributed by atoms with Gasteiger partial charge in [-0.2, -0.15) is 0 Å². The van der Waals surface area contributed by atoms with Crippen LogP contribution in [0.15, 0.2) is 109 Å². The molecule has 40 heavy (non-hydrogen) atoms. The summed E-state index contributed by atoms with van der Waals surface area (Å²) in [4.78, 5) is 37.7. The second-order valence-corrected chi connectivity index (χ2v) is 9.93. The van der Waals surface area contributed by atoms with E-state index in [0.29, 0.717) is 31.7 Å². The summed E-state index contributed by atoms with van der Waals surface area (Å²) in [6.07, 6.45) is -0.354. The maximum absolute atomic E-state index is 13.4. The van der Waals surface area contributed by atoms with Crippen molar-refractivity contribution in [1.82, 2.24) is 19.8 Å². The van der Waals surface area contributed by atoms with Crippen LogP contribution in [-0.4, -0.2) is 57.9 Å². The molecule has 2 heterocycles. The van der Waals surface area contributed by atoms with Gasteiger partial charge in [-0.1, -0.05) is 91.0 Å². The van der Waals surface area contributed by atoms with E-state index in [1.165, 1.54) is 0 Å². The minimum atomic E-state index is -0.354. The average molecular weight is 531 g/mol. The standard InChI is InChI=1S/C33H30N4O3/c38-32(36-18-20-37(21-19-36)33(39)40-23-24-10-4-1-5-11-24)27-16-17-28-29(22-27)35-31(34-28)30(25-12-6-2-7-13-25)26-14-8-3-9-15-26/h1-17,22,30H,18-21,23H2,(H,34,35). The second-order valence-electron chi connectivity index (χ2n) is 9.93. The van der Waals surface area contributed by atoms with Gasteiger partial charge in [0.05, 0.1) is 17.0 Å². The number of hydrogen-bond donors (Lipinski definition) is 1. The zero-order valence-corrected chi connectivity index (χ0v) is 22.1. The summed E-state index contributed by atoms with van der Waals surface area (Å²) in [5.41, 5.74) is 5.45. The Morgan fingerprint density at radius 1 is 0.750 bits per heavy atom. The third-order valence-corrected chi connectivity index (χ3v) is 7.32. The van der Waals surface area contributed by atoms with Crippen LogP contribution >= 0.6 is 0 Å². The molecule has 1 saturated heterocycles. The first kappa shape index (κ1) is 25.4. The van der Waals surface area contributed by atoms with Crippen LogP contribution in [0.4, 0.5) is 4.79 Å². The highest BCUT2D eigenvalue weighted by atomic mass is 16.6. The van der Waals surface area contributed by atoms with Crippen molar-refractivity contribution < 1.29 is 14.3 Å². The fraction of sp³-hybridized carbons (Fsp3) is 0.182. The lowest BCUT2D eigenvalue weighted by molar-refractivity contribution is 0.0544. The van der Waals surface area contributed by atoms with Crippen LogP contribution in [0.1, 0.15) is 38.8 Å². The Morgan fingerprint density at radius 2 is 1.32 bits per heavy atom. The van der Waals surface area contributed by atoms with Crippen molar-refractivity contribution in [1.29, 1.82) is 0 Å². The number of carbonyl (C=O) groups is 2. The number of hydrogen-bond acceptors (Lipinski definition) is 4. The topological polar surface area (TPSA) is 78.5 Å². The van der Waals surface area contributed by atoms with Gasteiger partial charge in [0, 0.05) is 31.7 Å². The Bertz CT molecular complexity index is 1560. The third kappa shape index (κ3) is 5.45. The van der Waals surface area contributed by atoms with Gasteiger partial charge in [-0.3, -0.25) is 4.79 Å². The van der Waals surface area contributed by atoms with Gasteiger partial charge >= 0.3 is 6.09 Å². The number of H-pyrrole nitrogens is 1. The van der Waals surface area contributed by atoms with Crippen LogP contribution in [0.3, 0.4) is 0 Å². The second kappa shape index (κ2) is 11.5. The van der Waals surface area contributed by atoms with Gasteiger partial charge in [-0.15, -0.1) is 0 Å². The zero-order chi connectivity index (χ0) is 27.3. The van der Waals surface area contributed by atoms with Gasteiger partial charge in [0.15, 0.2) is 0 Å². The summed E-state index contributed by atoms with van der Waals surface area (Å²) in [6.45, 7) is 2.01. The summed E-state index contributed by atoms with van der Waals surface area (Å²) in [5.74, 6) is 0.717. The number of rotatable bonds is 6. The van der Waals surface area contributed by atoms with Gasteiger partial charge in [-0.25, -0.2) is 9.78 Å². The smallest absolute Gasteiger partial charge is 0.410 e. The molecule has 0 atom stereocenters. The monoisotopic (exact) mass is 530 g/mol. The van der Waals surface area contributed by atoms with Gasteiger partial charge < -0.3 is 19.5 Å². The molecule has 7 heteroatoms. The van der Waals surface area contributed by atoms with Gasteiger partial charge in [0.1, 0.15) is 12.4 Å². The molecule has 1 aliphatic rings. The molecule has 7 nitrogen and oxygen atoms in total. The largest absolute Gasteiger partial charge is 0.445 e. The van der Waals surface area contributed by atoms with Crippen LogP contribution in [-0.2, 0) is 11.3 Å². The third-order valence-electron chi connectivity index (χ3n) is 7.32. The number of amides is 2. The first-order chi connectivity index (χ1) is 19.7. The number of piperazine rings is 1. The Morgan fingerprint density at radius 3 is 1.95 bits per heavy atom. The average Bonchev–Trinajstić information content (AvgIpc) is 3.44. The lowest BCUT2D eigenvalue weighted by Crippen LogP contribution is -2.50. The van der Waals surface area contributed by atoms with E-state index in [-0.39, 0.29) is 24.5 Å². The van der Waals surface area contributed by atoms with Crippen LogP contribution < -0.4 is 0 Å². The van der Waals surface area contributed by atoms with E-state index in [2.05, 4.69) is 29.2 Å². The molecule has 4 aromatic carbocycles. The molecule has 0 radical (unpaired) electrons. The number of ether oxygens (including phenoxy) is 1. The van der Waals surface area contributed by atoms with Gasteiger partial charge in [-0.05, 0) is 34.9 Å². The summed E-state index contributed by atoms with van der Waals surface area (Å²) < 4.78 is 5.45. The minimum Gasteiger partial charge on any atom is -0.445 e. The molecule has 5 aromatic rings. The van der Waals surface area contributed by atoms with Crippen molar-refractivity contribution in [3.05, 3.63) is 137 Å². The van der Waals surface area contributed by atoms with E-state index >= 15 is 0 Å². The number of nitrogens with zero attached hydrogens (tertiary/aromatic N) is 3. The molecule has 1 fully saturated rings. The number of benzene rings is 4. The molecule has 1 aromatic heterocycles. The highest BCUT2D eigenvalue weighted by molar-refractivity contribution is 5.97. The quantitative estimate of drug-likeness (QED) is 0.299. The number of carbonyl (C=O) groups excluding carboxylic acids is 2. The Kier molecular flexibility index (Phi) is 7.26. The van der Waals surface area contributed by atoms with Crippen molar-refractivity contribution in [2.24, 2.45) is 0 Å². The van der Waals surface area contributed by atoms with Crippen molar-refractivity contribution in [3.8, 4) is 0 Å². The minimum absolute atomic E-state index is 0.0522. The zero-order valence-electron chi connectivity index (χ0n) is 22.1. The predicted octanol–water partition coefficient (Wildman–Crippen LogP) is 5.84. The van der Waals surface area contributed by atoms with Crippen LogP contribution in [0.5, 0.6) is 0 Å². The number of aromatic nitrogens is 2. The fourth-order valence-electron chi connectivity index (χ4n) is 5.18. The lowest BCUT2D eigenvalue weighted by atomic mass is 9.91. The summed E-state index contributed by atoms with van der Waals surface area (Å²) in [6, 6.07) is 35.8. The summed E-state index contributed by atoms with van der Waals surface area (Å²) in [5, 5.41) is 0. The number of imidazole rings is 1. The molecule has 0 saturated carbocycles. The molecule has 200 valence electrons. The van der Waals surface area contributed by atoms with E-state index in [1.54, 1.807) is 9.80 Å². The SMILES string of the molecule is O=C(OCc1ccccc1)N1CCN(C(=O)c2ccc3[nH]c(C(c4ccccc4)c4ccccc4)nc3c2)CC1. The molecule has 6 rings (SSSR count). The summed E-state index contributed by atoms with van der Waals surface area (Å²) in [7, 11) is 0. The van der Waals surface area contributed by atoms with Crippen LogP contribution in [0.2, 0.25) is 0 Å². The highest BCUT2D eigenvalue weighted by Crippen LogP contribution is 2.31. The van der Waals surface area contributed by atoms with Gasteiger partial charge in [0.2, 0.25) is 0 Å². The van der Waals surface area contributed by atoms with Crippen molar-refractivity contribution in [2.75, 3.05) is 26.2 Å². The fourth-order valence-corrected chi connectivity index (χ4v) is 5.18. The predicted molar refractivity (Wildman–Crippen MR) is 154 cm³/mol. The Hall–Kier alpha value is -4.91. The van der Waals surface area contributed by atoms with E-state index in [0.717, 1.165) is 33.5 Å². The molecule has 0 bridgehead atoms. The lowest BCUT2D eigenvalue weighted by Gasteiger charge is -2.34.